The number of carbonyl (C=O) groups is 1. The van der Waals surface area contributed by atoms with Crippen LogP contribution in [0.1, 0.15) is 31.2 Å². The smallest absolute Gasteiger partial charge is 0.303 e. The van der Waals surface area contributed by atoms with Crippen molar-refractivity contribution in [1.29, 1.82) is 0 Å². The minimum absolute atomic E-state index is 0.267. The summed E-state index contributed by atoms with van der Waals surface area (Å²) in [5, 5.41) is 8.57. The van der Waals surface area contributed by atoms with Crippen molar-refractivity contribution >= 4 is 79.4 Å². The van der Waals surface area contributed by atoms with Crippen LogP contribution < -0.4 is 5.73 Å². The first kappa shape index (κ1) is 16.7. The van der Waals surface area contributed by atoms with E-state index >= 15 is 0 Å². The summed E-state index contributed by atoms with van der Waals surface area (Å²) in [5.41, 5.74) is 8.18. The predicted molar refractivity (Wildman–Crippen MR) is 98.8 cm³/mol. The lowest BCUT2D eigenvalue weighted by molar-refractivity contribution is -0.137. The molecule has 3 N–H and O–H groups in total. The number of hydrogen-bond acceptors (Lipinski definition) is 2. The van der Waals surface area contributed by atoms with Gasteiger partial charge in [-0.2, -0.15) is 0 Å². The summed E-state index contributed by atoms with van der Waals surface area (Å²) in [5.74, 6) is -0.710. The third kappa shape index (κ3) is 4.99. The maximum Gasteiger partial charge on any atom is 0.303 e. The van der Waals surface area contributed by atoms with Crippen molar-refractivity contribution in [2.24, 2.45) is 0 Å². The molecule has 0 bridgehead atoms. The summed E-state index contributed by atoms with van der Waals surface area (Å²) in [4.78, 5) is 10.4. The molecule has 1 rings (SSSR count). The van der Waals surface area contributed by atoms with Crippen molar-refractivity contribution in [2.75, 3.05) is 5.73 Å². The van der Waals surface area contributed by atoms with E-state index in [1.165, 1.54) is 9.13 Å². The fourth-order valence-electron chi connectivity index (χ4n) is 1.63. The van der Waals surface area contributed by atoms with Gasteiger partial charge in [0.05, 0.1) is 5.69 Å². The molecule has 18 heavy (non-hydrogen) atoms. The van der Waals surface area contributed by atoms with Crippen LogP contribution in [0.15, 0.2) is 6.07 Å². The van der Waals surface area contributed by atoms with Crippen LogP contribution >= 0.6 is 67.8 Å². The standard InChI is InChI=1S/C12H14I3NO2/c13-8-6-9(14)12(16)11(15)7(8)4-2-1-3-5-10(17)18/h6H,1-5,16H2,(H,17,18). The lowest BCUT2D eigenvalue weighted by Gasteiger charge is -2.11. The van der Waals surface area contributed by atoms with E-state index in [-0.39, 0.29) is 6.42 Å². The molecular formula is C12H14I3NO2. The van der Waals surface area contributed by atoms with E-state index in [1.54, 1.807) is 0 Å². The fourth-order valence-corrected chi connectivity index (χ4v) is 5.54. The molecule has 0 saturated carbocycles. The Morgan fingerprint density at radius 2 is 1.83 bits per heavy atom. The minimum atomic E-state index is -0.710. The minimum Gasteiger partial charge on any atom is -0.481 e. The zero-order valence-corrected chi connectivity index (χ0v) is 16.2. The number of benzene rings is 1. The highest BCUT2D eigenvalue weighted by molar-refractivity contribution is 14.1. The van der Waals surface area contributed by atoms with Gasteiger partial charge in [-0.15, -0.1) is 0 Å². The number of halogens is 3. The second kappa shape index (κ2) is 8.08. The molecule has 0 unspecified atom stereocenters. The summed E-state index contributed by atoms with van der Waals surface area (Å²) in [6.45, 7) is 0. The van der Waals surface area contributed by atoms with Gasteiger partial charge in [-0.25, -0.2) is 0 Å². The van der Waals surface area contributed by atoms with E-state index < -0.39 is 5.97 Å². The van der Waals surface area contributed by atoms with Crippen molar-refractivity contribution in [1.82, 2.24) is 0 Å². The van der Waals surface area contributed by atoms with Crippen LogP contribution in [-0.2, 0) is 11.2 Å². The SMILES string of the molecule is Nc1c(I)cc(I)c(CCCCCC(=O)O)c1I. The highest BCUT2D eigenvalue weighted by atomic mass is 127. The number of carboxylic acids is 1. The van der Waals surface area contributed by atoms with Crippen molar-refractivity contribution in [2.45, 2.75) is 32.1 Å². The average molecular weight is 585 g/mol. The van der Waals surface area contributed by atoms with Gasteiger partial charge >= 0.3 is 5.97 Å². The van der Waals surface area contributed by atoms with Gasteiger partial charge < -0.3 is 10.8 Å². The molecule has 0 aliphatic carbocycles. The monoisotopic (exact) mass is 585 g/mol. The second-order valence-corrected chi connectivity index (χ2v) is 7.40. The number of carboxylic acid groups (broad SMARTS) is 1. The summed E-state index contributed by atoms with van der Waals surface area (Å²) in [7, 11) is 0. The predicted octanol–water partition coefficient (Wildman–Crippen LogP) is 4.27. The lowest BCUT2D eigenvalue weighted by atomic mass is 10.1. The van der Waals surface area contributed by atoms with Crippen LogP contribution in [0.3, 0.4) is 0 Å². The van der Waals surface area contributed by atoms with Gasteiger partial charge in [-0.3, -0.25) is 4.79 Å². The zero-order valence-electron chi connectivity index (χ0n) is 9.68. The highest BCUT2D eigenvalue weighted by Crippen LogP contribution is 2.30. The van der Waals surface area contributed by atoms with Crippen LogP contribution in [-0.4, -0.2) is 11.1 Å². The molecular weight excluding hydrogens is 571 g/mol. The molecule has 0 aromatic heterocycles. The molecule has 0 heterocycles. The molecule has 0 spiro atoms. The largest absolute Gasteiger partial charge is 0.481 e. The second-order valence-electron chi connectivity index (χ2n) is 4.00. The Morgan fingerprint density at radius 1 is 1.17 bits per heavy atom. The van der Waals surface area contributed by atoms with Crippen LogP contribution in [0.2, 0.25) is 0 Å². The molecule has 0 aliphatic rings. The van der Waals surface area contributed by atoms with Crippen molar-refractivity contribution in [3.63, 3.8) is 0 Å². The third-order valence-corrected chi connectivity index (χ3v) is 5.71. The van der Waals surface area contributed by atoms with Crippen molar-refractivity contribution in [3.8, 4) is 0 Å². The summed E-state index contributed by atoms with van der Waals surface area (Å²) in [6, 6.07) is 2.10. The fraction of sp³-hybridized carbons (Fsp3) is 0.417. The molecule has 0 aliphatic heterocycles. The Morgan fingerprint density at radius 3 is 2.44 bits per heavy atom. The van der Waals surface area contributed by atoms with E-state index in [4.69, 9.17) is 10.8 Å². The zero-order chi connectivity index (χ0) is 13.7. The van der Waals surface area contributed by atoms with Crippen LogP contribution in [0, 0.1) is 10.7 Å². The molecule has 0 radical (unpaired) electrons. The summed E-state index contributed by atoms with van der Waals surface area (Å²) < 4.78 is 3.48. The number of hydrogen-bond donors (Lipinski definition) is 2. The number of anilines is 1. The molecule has 3 nitrogen and oxygen atoms in total. The Bertz CT molecular complexity index is 449. The number of aliphatic carboxylic acids is 1. The van der Waals surface area contributed by atoms with Gasteiger partial charge in [0.2, 0.25) is 0 Å². The summed E-state index contributed by atoms with van der Waals surface area (Å²) in [6.07, 6.45) is 3.95. The summed E-state index contributed by atoms with van der Waals surface area (Å²) >= 11 is 6.89. The van der Waals surface area contributed by atoms with Crippen LogP contribution in [0.25, 0.3) is 0 Å². The highest BCUT2D eigenvalue weighted by Gasteiger charge is 2.11. The Kier molecular flexibility index (Phi) is 7.51. The van der Waals surface area contributed by atoms with Gasteiger partial charge in [0, 0.05) is 17.1 Å². The van der Waals surface area contributed by atoms with E-state index in [0.29, 0.717) is 0 Å². The Balaban J connectivity index is 2.57. The first-order valence-electron chi connectivity index (χ1n) is 5.57. The molecule has 0 fully saturated rings. The molecule has 1 aromatic rings. The molecule has 6 heteroatoms. The maximum atomic E-state index is 10.4. The quantitative estimate of drug-likeness (QED) is 0.298. The number of nitrogens with two attached hydrogens (primary N) is 1. The van der Waals surface area contributed by atoms with E-state index in [0.717, 1.165) is 38.5 Å². The molecule has 0 saturated heterocycles. The van der Waals surface area contributed by atoms with E-state index in [2.05, 4.69) is 73.8 Å². The topological polar surface area (TPSA) is 63.3 Å². The maximum absolute atomic E-state index is 10.4. The normalized spacial score (nSPS) is 10.6. The molecule has 1 aromatic carbocycles. The van der Waals surface area contributed by atoms with Crippen molar-refractivity contribution < 1.29 is 9.90 Å². The number of unbranched alkanes of at least 4 members (excludes halogenated alkanes) is 2. The van der Waals surface area contributed by atoms with Crippen LogP contribution in [0.5, 0.6) is 0 Å². The molecule has 100 valence electrons. The van der Waals surface area contributed by atoms with E-state index in [1.807, 2.05) is 0 Å². The van der Waals surface area contributed by atoms with Crippen LogP contribution in [0.4, 0.5) is 5.69 Å². The average Bonchev–Trinajstić information content (AvgIpc) is 2.29. The third-order valence-electron chi connectivity index (χ3n) is 2.62. The lowest BCUT2D eigenvalue weighted by Crippen LogP contribution is -2.02. The van der Waals surface area contributed by atoms with Gasteiger partial charge in [0.25, 0.3) is 0 Å². The van der Waals surface area contributed by atoms with Gasteiger partial charge in [0.15, 0.2) is 0 Å². The van der Waals surface area contributed by atoms with Gasteiger partial charge in [0.1, 0.15) is 0 Å². The van der Waals surface area contributed by atoms with Crippen molar-refractivity contribution in [3.05, 3.63) is 22.3 Å². The number of rotatable bonds is 6. The Labute approximate surface area is 148 Å². The number of nitrogen functional groups attached to an aromatic ring is 1. The van der Waals surface area contributed by atoms with Gasteiger partial charge in [-0.1, -0.05) is 6.42 Å². The van der Waals surface area contributed by atoms with Gasteiger partial charge in [-0.05, 0) is 98.7 Å². The molecule has 0 amide bonds. The van der Waals surface area contributed by atoms with E-state index in [9.17, 15) is 4.79 Å². The first-order chi connectivity index (χ1) is 8.43. The molecule has 0 atom stereocenters. The first-order valence-corrected chi connectivity index (χ1v) is 8.80. The Hall–Kier alpha value is 0.680.